The number of para-hydroxylation sites is 1. The van der Waals surface area contributed by atoms with Crippen LogP contribution < -0.4 is 19.6 Å². The lowest BCUT2D eigenvalue weighted by molar-refractivity contribution is -0.136. The Morgan fingerprint density at radius 2 is 1.65 bits per heavy atom. The van der Waals surface area contributed by atoms with Crippen molar-refractivity contribution in [3.8, 4) is 23.0 Å². The van der Waals surface area contributed by atoms with Gasteiger partial charge in [0.05, 0.1) is 5.39 Å². The summed E-state index contributed by atoms with van der Waals surface area (Å²) in [4.78, 5) is 24.8. The second kappa shape index (κ2) is 9.17. The quantitative estimate of drug-likeness (QED) is 0.307. The van der Waals surface area contributed by atoms with Gasteiger partial charge in [-0.3, -0.25) is 4.79 Å². The fourth-order valence-electron chi connectivity index (χ4n) is 2.96. The number of esters is 1. The van der Waals surface area contributed by atoms with E-state index in [0.29, 0.717) is 16.9 Å². The summed E-state index contributed by atoms with van der Waals surface area (Å²) >= 11 is 0. The molecule has 0 saturated carbocycles. The fraction of sp³-hybridized carbons (Fsp3) is 0.120. The van der Waals surface area contributed by atoms with Crippen molar-refractivity contribution in [1.82, 2.24) is 0 Å². The van der Waals surface area contributed by atoms with Crippen LogP contribution in [0.4, 0.5) is 0 Å². The van der Waals surface area contributed by atoms with Crippen LogP contribution in [0.1, 0.15) is 12.5 Å². The Bertz CT molecular complexity index is 1240. The molecule has 0 radical (unpaired) electrons. The van der Waals surface area contributed by atoms with Gasteiger partial charge in [0.25, 0.3) is 0 Å². The Balaban J connectivity index is 1.46. The van der Waals surface area contributed by atoms with E-state index in [1.807, 2.05) is 42.5 Å². The van der Waals surface area contributed by atoms with Crippen LogP contribution in [-0.2, 0) is 11.2 Å². The summed E-state index contributed by atoms with van der Waals surface area (Å²) in [5.41, 5.74) is 1.15. The highest BCUT2D eigenvalue weighted by molar-refractivity contribution is 5.81. The average Bonchev–Trinajstić information content (AvgIpc) is 2.81. The maximum absolute atomic E-state index is 12.7. The SMILES string of the molecule is CCc1ccc(Oc2coc3cc(OC(=O)COc4ccccc4)ccc3c2=O)cc1. The zero-order valence-corrected chi connectivity index (χ0v) is 16.9. The van der Waals surface area contributed by atoms with Gasteiger partial charge in [0.2, 0.25) is 11.2 Å². The van der Waals surface area contributed by atoms with Gasteiger partial charge in [0.1, 0.15) is 29.1 Å². The number of carbonyl (C=O) groups excluding carboxylic acids is 1. The molecule has 4 aromatic rings. The van der Waals surface area contributed by atoms with Gasteiger partial charge in [0.15, 0.2) is 6.61 Å². The summed E-state index contributed by atoms with van der Waals surface area (Å²) in [6, 6.07) is 21.0. The van der Waals surface area contributed by atoms with Crippen molar-refractivity contribution >= 4 is 16.9 Å². The van der Waals surface area contributed by atoms with E-state index in [4.69, 9.17) is 18.6 Å². The van der Waals surface area contributed by atoms with Crippen molar-refractivity contribution in [2.24, 2.45) is 0 Å². The molecular weight excluding hydrogens is 396 g/mol. The minimum absolute atomic E-state index is 0.0813. The van der Waals surface area contributed by atoms with Crippen molar-refractivity contribution in [2.75, 3.05) is 6.61 Å². The number of carbonyl (C=O) groups is 1. The third-order valence-corrected chi connectivity index (χ3v) is 4.61. The molecule has 31 heavy (non-hydrogen) atoms. The maximum Gasteiger partial charge on any atom is 0.349 e. The second-order valence-corrected chi connectivity index (χ2v) is 6.76. The molecule has 3 aromatic carbocycles. The predicted molar refractivity (Wildman–Crippen MR) is 116 cm³/mol. The Morgan fingerprint density at radius 1 is 0.903 bits per heavy atom. The van der Waals surface area contributed by atoms with Crippen molar-refractivity contribution < 1.29 is 23.4 Å². The molecule has 0 saturated heterocycles. The van der Waals surface area contributed by atoms with Gasteiger partial charge in [-0.25, -0.2) is 4.79 Å². The van der Waals surface area contributed by atoms with Crippen LogP contribution in [0.3, 0.4) is 0 Å². The van der Waals surface area contributed by atoms with E-state index in [9.17, 15) is 9.59 Å². The monoisotopic (exact) mass is 416 g/mol. The molecule has 156 valence electrons. The van der Waals surface area contributed by atoms with Crippen LogP contribution in [0.5, 0.6) is 23.0 Å². The molecule has 1 heterocycles. The second-order valence-electron chi connectivity index (χ2n) is 6.76. The van der Waals surface area contributed by atoms with Gasteiger partial charge in [-0.05, 0) is 48.4 Å². The topological polar surface area (TPSA) is 75.0 Å². The number of hydrogen-bond donors (Lipinski definition) is 0. The summed E-state index contributed by atoms with van der Waals surface area (Å²) in [5, 5.41) is 0.322. The van der Waals surface area contributed by atoms with E-state index in [1.165, 1.54) is 30.0 Å². The first kappa shape index (κ1) is 20.2. The highest BCUT2D eigenvalue weighted by Crippen LogP contribution is 2.24. The van der Waals surface area contributed by atoms with Gasteiger partial charge in [-0.2, -0.15) is 0 Å². The molecule has 0 aliphatic carbocycles. The number of benzene rings is 3. The summed E-state index contributed by atoms with van der Waals surface area (Å²) in [5.74, 6) is 0.883. The molecule has 0 atom stereocenters. The lowest BCUT2D eigenvalue weighted by atomic mass is 10.2. The standard InChI is InChI=1S/C25H20O6/c1-2-17-8-10-19(11-9-17)30-23-15-29-22-14-20(12-13-21(22)25(23)27)31-24(26)16-28-18-6-4-3-5-7-18/h3-15H,2,16H2,1H3. The smallest absolute Gasteiger partial charge is 0.349 e. The minimum Gasteiger partial charge on any atom is -0.482 e. The number of hydrogen-bond acceptors (Lipinski definition) is 6. The van der Waals surface area contributed by atoms with Crippen LogP contribution in [0.2, 0.25) is 0 Å². The molecule has 0 spiro atoms. The Morgan fingerprint density at radius 3 is 2.39 bits per heavy atom. The number of fused-ring (bicyclic) bond motifs is 1. The molecule has 4 rings (SSSR count). The van der Waals surface area contributed by atoms with Crippen LogP contribution >= 0.6 is 0 Å². The van der Waals surface area contributed by atoms with Crippen LogP contribution in [0.25, 0.3) is 11.0 Å². The normalized spacial score (nSPS) is 10.6. The van der Waals surface area contributed by atoms with E-state index in [1.54, 1.807) is 12.1 Å². The zero-order chi connectivity index (χ0) is 21.6. The third kappa shape index (κ3) is 4.93. The Labute approximate surface area is 178 Å². The molecule has 0 aliphatic rings. The van der Waals surface area contributed by atoms with E-state index in [0.717, 1.165) is 6.42 Å². The highest BCUT2D eigenvalue weighted by atomic mass is 16.6. The van der Waals surface area contributed by atoms with Gasteiger partial charge < -0.3 is 18.6 Å². The molecule has 6 nitrogen and oxygen atoms in total. The van der Waals surface area contributed by atoms with Crippen LogP contribution in [-0.4, -0.2) is 12.6 Å². The van der Waals surface area contributed by atoms with Crippen LogP contribution in [0, 0.1) is 0 Å². The van der Waals surface area contributed by atoms with E-state index < -0.39 is 5.97 Å². The molecule has 0 aliphatic heterocycles. The highest BCUT2D eigenvalue weighted by Gasteiger charge is 2.12. The van der Waals surface area contributed by atoms with Crippen molar-refractivity contribution in [3.05, 3.63) is 94.8 Å². The van der Waals surface area contributed by atoms with Crippen molar-refractivity contribution in [3.63, 3.8) is 0 Å². The van der Waals surface area contributed by atoms with E-state index >= 15 is 0 Å². The Kier molecular flexibility index (Phi) is 5.98. The van der Waals surface area contributed by atoms with Gasteiger partial charge in [0, 0.05) is 6.07 Å². The van der Waals surface area contributed by atoms with Crippen molar-refractivity contribution in [2.45, 2.75) is 13.3 Å². The summed E-state index contributed by atoms with van der Waals surface area (Å²) in [6.07, 6.45) is 2.17. The first-order chi connectivity index (χ1) is 15.1. The van der Waals surface area contributed by atoms with E-state index in [2.05, 4.69) is 6.92 Å². The Hall–Kier alpha value is -4.06. The molecule has 0 unspecified atom stereocenters. The van der Waals surface area contributed by atoms with Crippen molar-refractivity contribution in [1.29, 1.82) is 0 Å². The summed E-state index contributed by atoms with van der Waals surface area (Å²) in [6.45, 7) is 1.82. The molecule has 0 bridgehead atoms. The lowest BCUT2D eigenvalue weighted by Gasteiger charge is -2.08. The fourth-order valence-corrected chi connectivity index (χ4v) is 2.96. The molecule has 1 aromatic heterocycles. The molecule has 0 fully saturated rings. The molecule has 0 N–H and O–H groups in total. The van der Waals surface area contributed by atoms with Gasteiger partial charge in [-0.15, -0.1) is 0 Å². The number of ether oxygens (including phenoxy) is 3. The van der Waals surface area contributed by atoms with Gasteiger partial charge >= 0.3 is 5.97 Å². The molecule has 0 amide bonds. The predicted octanol–water partition coefficient (Wildman–Crippen LogP) is 5.13. The first-order valence-corrected chi connectivity index (χ1v) is 9.83. The lowest BCUT2D eigenvalue weighted by Crippen LogP contribution is -2.17. The summed E-state index contributed by atoms with van der Waals surface area (Å²) < 4.78 is 21.9. The van der Waals surface area contributed by atoms with Gasteiger partial charge in [-0.1, -0.05) is 37.3 Å². The first-order valence-electron chi connectivity index (χ1n) is 9.83. The third-order valence-electron chi connectivity index (χ3n) is 4.61. The average molecular weight is 416 g/mol. The van der Waals surface area contributed by atoms with E-state index in [-0.39, 0.29) is 29.1 Å². The zero-order valence-electron chi connectivity index (χ0n) is 16.9. The largest absolute Gasteiger partial charge is 0.482 e. The number of rotatable bonds is 7. The molecule has 6 heteroatoms. The minimum atomic E-state index is -0.568. The number of aryl methyl sites for hydroxylation is 1. The van der Waals surface area contributed by atoms with Crippen LogP contribution in [0.15, 0.2) is 88.3 Å². The molecular formula is C25H20O6. The summed E-state index contributed by atoms with van der Waals surface area (Å²) in [7, 11) is 0. The maximum atomic E-state index is 12.7.